The molecular weight excluding hydrogens is 124 g/mol. The molecule has 0 aliphatic heterocycles. The van der Waals surface area contributed by atoms with Gasteiger partial charge in [0.15, 0.2) is 0 Å². The van der Waals surface area contributed by atoms with E-state index in [1.54, 1.807) is 21.6 Å². The topological polar surface area (TPSA) is 0 Å². The molecule has 0 rings (SSSR count). The van der Waals surface area contributed by atoms with Crippen LogP contribution in [0, 0.1) is 0 Å². The molecule has 0 bridgehead atoms. The van der Waals surface area contributed by atoms with Gasteiger partial charge in [0.05, 0.1) is 0 Å². The Morgan fingerprint density at radius 2 is 2.29 bits per heavy atom. The van der Waals surface area contributed by atoms with Crippen LogP contribution in [0.2, 0.25) is 0 Å². The summed E-state index contributed by atoms with van der Waals surface area (Å²) in [6.45, 7) is 2.14. The second-order valence-corrected chi connectivity index (χ2v) is 3.42. The Bertz CT molecular complexity index is 50.0. The van der Waals surface area contributed by atoms with E-state index in [2.05, 4.69) is 24.7 Å². The van der Waals surface area contributed by atoms with Crippen LogP contribution in [0.5, 0.6) is 0 Å². The number of rotatable bonds is 3. The van der Waals surface area contributed by atoms with Crippen molar-refractivity contribution >= 4 is 21.6 Å². The Labute approximate surface area is 53.2 Å². The van der Waals surface area contributed by atoms with Crippen LogP contribution in [-0.4, -0.2) is 6.26 Å². The average Bonchev–Trinajstić information content (AvgIpc) is 1.69. The van der Waals surface area contributed by atoms with Crippen molar-refractivity contribution < 1.29 is 0 Å². The van der Waals surface area contributed by atoms with Gasteiger partial charge < -0.3 is 0 Å². The molecule has 0 radical (unpaired) electrons. The molecular formula is C5H10S2. The summed E-state index contributed by atoms with van der Waals surface area (Å²) in [5.41, 5.74) is 0. The van der Waals surface area contributed by atoms with Gasteiger partial charge in [-0.15, -0.1) is 0 Å². The van der Waals surface area contributed by atoms with Gasteiger partial charge in [0.25, 0.3) is 0 Å². The van der Waals surface area contributed by atoms with E-state index in [1.165, 1.54) is 0 Å². The van der Waals surface area contributed by atoms with E-state index in [0.717, 1.165) is 6.42 Å². The third-order valence-corrected chi connectivity index (χ3v) is 1.89. The largest absolute Gasteiger partial charge is 0.0930 e. The van der Waals surface area contributed by atoms with E-state index < -0.39 is 0 Å². The first kappa shape index (κ1) is 7.44. The fourth-order valence-electron chi connectivity index (χ4n) is 0.191. The van der Waals surface area contributed by atoms with Crippen LogP contribution in [0.3, 0.4) is 0 Å². The van der Waals surface area contributed by atoms with Crippen LogP contribution < -0.4 is 0 Å². The molecule has 0 amide bonds. The van der Waals surface area contributed by atoms with Gasteiger partial charge in [-0.25, -0.2) is 0 Å². The Morgan fingerprint density at radius 1 is 1.57 bits per heavy atom. The molecule has 0 saturated carbocycles. The van der Waals surface area contributed by atoms with Crippen molar-refractivity contribution in [2.24, 2.45) is 0 Å². The lowest BCUT2D eigenvalue weighted by Crippen LogP contribution is -1.45. The molecule has 0 aliphatic carbocycles. The van der Waals surface area contributed by atoms with E-state index in [9.17, 15) is 0 Å². The van der Waals surface area contributed by atoms with Gasteiger partial charge in [-0.2, -0.15) is 0 Å². The van der Waals surface area contributed by atoms with Crippen molar-refractivity contribution in [1.82, 2.24) is 0 Å². The molecule has 2 heteroatoms. The molecule has 0 spiro atoms. The first-order chi connectivity index (χ1) is 3.41. The van der Waals surface area contributed by atoms with Crippen molar-refractivity contribution in [3.05, 3.63) is 11.5 Å². The smallest absolute Gasteiger partial charge is 0.00759 e. The summed E-state index contributed by atoms with van der Waals surface area (Å²) in [6.07, 6.45) is 5.37. The Balaban J connectivity index is 2.78. The van der Waals surface area contributed by atoms with E-state index in [-0.39, 0.29) is 0 Å². The lowest BCUT2D eigenvalue weighted by atomic mass is 10.5. The summed E-state index contributed by atoms with van der Waals surface area (Å²) >= 11 is 0. The number of hydrogen-bond donors (Lipinski definition) is 0. The molecule has 0 saturated heterocycles. The van der Waals surface area contributed by atoms with E-state index in [1.807, 2.05) is 0 Å². The monoisotopic (exact) mass is 134 g/mol. The van der Waals surface area contributed by atoms with E-state index in [0.29, 0.717) is 0 Å². The van der Waals surface area contributed by atoms with Gasteiger partial charge in [-0.3, -0.25) is 0 Å². The first-order valence-electron chi connectivity index (χ1n) is 2.26. The van der Waals surface area contributed by atoms with Crippen LogP contribution in [0.25, 0.3) is 0 Å². The molecule has 7 heavy (non-hydrogen) atoms. The Morgan fingerprint density at radius 3 is 2.71 bits per heavy atom. The molecule has 0 unspecified atom stereocenters. The molecule has 0 N–H and O–H groups in total. The van der Waals surface area contributed by atoms with Crippen molar-refractivity contribution in [2.75, 3.05) is 6.26 Å². The number of allylic oxidation sites excluding steroid dienone is 1. The normalized spacial score (nSPS) is 10.6. The summed E-state index contributed by atoms with van der Waals surface area (Å²) < 4.78 is 0. The average molecular weight is 134 g/mol. The third-order valence-electron chi connectivity index (χ3n) is 0.484. The molecule has 0 atom stereocenters. The van der Waals surface area contributed by atoms with Gasteiger partial charge in [0, 0.05) is 0 Å². The van der Waals surface area contributed by atoms with Gasteiger partial charge in [0.1, 0.15) is 0 Å². The fraction of sp³-hybridized carbons (Fsp3) is 0.600. The van der Waals surface area contributed by atoms with Crippen molar-refractivity contribution in [3.8, 4) is 0 Å². The zero-order chi connectivity index (χ0) is 5.54. The molecule has 42 valence electrons. The van der Waals surface area contributed by atoms with Crippen LogP contribution in [0.1, 0.15) is 13.3 Å². The molecule has 0 aliphatic rings. The van der Waals surface area contributed by atoms with Crippen LogP contribution in [0.15, 0.2) is 11.5 Å². The van der Waals surface area contributed by atoms with Gasteiger partial charge in [0.2, 0.25) is 0 Å². The Hall–Kier alpha value is 0.440. The summed E-state index contributed by atoms with van der Waals surface area (Å²) in [4.78, 5) is 0. The van der Waals surface area contributed by atoms with Crippen molar-refractivity contribution in [2.45, 2.75) is 13.3 Å². The summed E-state index contributed by atoms with van der Waals surface area (Å²) in [5.74, 6) is 0. The lowest BCUT2D eigenvalue weighted by molar-refractivity contribution is 1.23. The number of hydrogen-bond acceptors (Lipinski definition) is 2. The summed E-state index contributed by atoms with van der Waals surface area (Å²) in [7, 11) is 3.54. The molecule has 0 nitrogen and oxygen atoms in total. The molecule has 0 heterocycles. The highest BCUT2D eigenvalue weighted by Crippen LogP contribution is 2.17. The molecule has 0 fully saturated rings. The van der Waals surface area contributed by atoms with Gasteiger partial charge in [-0.1, -0.05) is 34.6 Å². The van der Waals surface area contributed by atoms with Crippen molar-refractivity contribution in [1.29, 1.82) is 0 Å². The van der Waals surface area contributed by atoms with Crippen LogP contribution in [-0.2, 0) is 0 Å². The quantitative estimate of drug-likeness (QED) is 0.544. The second kappa shape index (κ2) is 6.44. The lowest BCUT2D eigenvalue weighted by Gasteiger charge is -1.79. The predicted molar refractivity (Wildman–Crippen MR) is 40.5 cm³/mol. The minimum absolute atomic E-state index is 1.15. The minimum atomic E-state index is 1.15. The SMILES string of the molecule is CC/C=C\SSC. The predicted octanol–water partition coefficient (Wildman–Crippen LogP) is 2.92. The van der Waals surface area contributed by atoms with Crippen LogP contribution >= 0.6 is 21.6 Å². The standard InChI is InChI=1S/C5H10S2/c1-3-4-5-7-6-2/h4-5H,3H2,1-2H3/b5-4-. The summed E-state index contributed by atoms with van der Waals surface area (Å²) in [5, 5.41) is 2.12. The maximum atomic E-state index is 2.15. The van der Waals surface area contributed by atoms with E-state index in [4.69, 9.17) is 0 Å². The zero-order valence-corrected chi connectivity index (χ0v) is 6.31. The minimum Gasteiger partial charge on any atom is -0.0930 e. The fourth-order valence-corrected chi connectivity index (χ4v) is 1.14. The van der Waals surface area contributed by atoms with Crippen LogP contribution in [0.4, 0.5) is 0 Å². The third kappa shape index (κ3) is 6.44. The maximum absolute atomic E-state index is 2.15. The highest BCUT2D eigenvalue weighted by molar-refractivity contribution is 8.77. The van der Waals surface area contributed by atoms with Crippen molar-refractivity contribution in [3.63, 3.8) is 0 Å². The van der Waals surface area contributed by atoms with Gasteiger partial charge in [-0.05, 0) is 18.1 Å². The first-order valence-corrected chi connectivity index (χ1v) is 4.88. The highest BCUT2D eigenvalue weighted by Gasteiger charge is 1.68. The highest BCUT2D eigenvalue weighted by atomic mass is 33.1. The Kier molecular flexibility index (Phi) is 6.84. The zero-order valence-electron chi connectivity index (χ0n) is 4.68. The molecule has 0 aromatic rings. The van der Waals surface area contributed by atoms with E-state index >= 15 is 0 Å². The summed E-state index contributed by atoms with van der Waals surface area (Å²) in [6, 6.07) is 0. The molecule has 0 aromatic heterocycles. The molecule has 0 aromatic carbocycles. The second-order valence-electron chi connectivity index (χ2n) is 1.04. The maximum Gasteiger partial charge on any atom is -0.00759 e. The van der Waals surface area contributed by atoms with Gasteiger partial charge >= 0.3 is 0 Å².